The quantitative estimate of drug-likeness (QED) is 0.740. The molecule has 23 heavy (non-hydrogen) atoms. The first-order chi connectivity index (χ1) is 11.1. The zero-order valence-electron chi connectivity index (χ0n) is 13.1. The average molecular weight is 319 g/mol. The molecule has 1 aromatic carbocycles. The zero-order chi connectivity index (χ0) is 16.7. The van der Waals surface area contributed by atoms with Gasteiger partial charge in [0.05, 0.1) is 19.6 Å². The van der Waals surface area contributed by atoms with Gasteiger partial charge in [0.25, 0.3) is 0 Å². The lowest BCUT2D eigenvalue weighted by atomic mass is 10.1. The standard InChI is InChI=1S/C16H21N3O4/c1-23-15(21)11-13-16(22)17-8-10-19(13)9-7-14(20)18-12-5-3-2-4-6-12/h2-6,13H,7-11H2,1H3,(H,17,22)(H,18,20). The molecule has 1 aliphatic rings. The van der Waals surface area contributed by atoms with Crippen LogP contribution in [0, 0.1) is 0 Å². The number of methoxy groups -OCH3 is 1. The summed E-state index contributed by atoms with van der Waals surface area (Å²) < 4.78 is 4.63. The molecule has 0 aliphatic carbocycles. The van der Waals surface area contributed by atoms with Crippen LogP contribution in [-0.2, 0) is 19.1 Å². The van der Waals surface area contributed by atoms with Crippen molar-refractivity contribution in [2.45, 2.75) is 18.9 Å². The van der Waals surface area contributed by atoms with Crippen molar-refractivity contribution >= 4 is 23.5 Å². The number of rotatable bonds is 6. The zero-order valence-corrected chi connectivity index (χ0v) is 13.1. The third-order valence-electron chi connectivity index (χ3n) is 3.71. The summed E-state index contributed by atoms with van der Waals surface area (Å²) in [5, 5.41) is 5.53. The molecule has 2 amide bonds. The van der Waals surface area contributed by atoms with Crippen molar-refractivity contribution in [3.05, 3.63) is 30.3 Å². The highest BCUT2D eigenvalue weighted by Gasteiger charge is 2.31. The molecule has 1 aromatic rings. The molecule has 1 atom stereocenters. The van der Waals surface area contributed by atoms with Crippen molar-refractivity contribution in [3.63, 3.8) is 0 Å². The normalized spacial score (nSPS) is 18.1. The molecule has 1 saturated heterocycles. The van der Waals surface area contributed by atoms with Gasteiger partial charge < -0.3 is 15.4 Å². The second-order valence-electron chi connectivity index (χ2n) is 5.29. The van der Waals surface area contributed by atoms with Gasteiger partial charge in [0.2, 0.25) is 11.8 Å². The third-order valence-corrected chi connectivity index (χ3v) is 3.71. The van der Waals surface area contributed by atoms with Crippen LogP contribution in [0.2, 0.25) is 0 Å². The van der Waals surface area contributed by atoms with Crippen LogP contribution in [0.4, 0.5) is 5.69 Å². The Bertz CT molecular complexity index is 562. The van der Waals surface area contributed by atoms with E-state index in [9.17, 15) is 14.4 Å². The number of piperazine rings is 1. The van der Waals surface area contributed by atoms with Gasteiger partial charge in [-0.15, -0.1) is 0 Å². The molecule has 1 aliphatic heterocycles. The van der Waals surface area contributed by atoms with Crippen molar-refractivity contribution in [1.29, 1.82) is 0 Å². The maximum atomic E-state index is 12.0. The molecule has 1 fully saturated rings. The average Bonchev–Trinajstić information content (AvgIpc) is 2.56. The number of carbonyl (C=O) groups excluding carboxylic acids is 3. The van der Waals surface area contributed by atoms with E-state index in [4.69, 9.17) is 0 Å². The number of nitrogens with one attached hydrogen (secondary N) is 2. The number of hydrogen-bond donors (Lipinski definition) is 2. The fraction of sp³-hybridized carbons (Fsp3) is 0.438. The van der Waals surface area contributed by atoms with E-state index in [1.165, 1.54) is 7.11 Å². The van der Waals surface area contributed by atoms with Crippen LogP contribution in [0.25, 0.3) is 0 Å². The Morgan fingerprint density at radius 3 is 2.78 bits per heavy atom. The van der Waals surface area contributed by atoms with Crippen LogP contribution in [0.3, 0.4) is 0 Å². The van der Waals surface area contributed by atoms with Gasteiger partial charge in [-0.05, 0) is 12.1 Å². The van der Waals surface area contributed by atoms with Crippen molar-refractivity contribution < 1.29 is 19.1 Å². The Labute approximate surface area is 135 Å². The molecule has 0 spiro atoms. The van der Waals surface area contributed by atoms with Gasteiger partial charge in [0.1, 0.15) is 0 Å². The molecule has 7 heteroatoms. The fourth-order valence-electron chi connectivity index (χ4n) is 2.48. The molecule has 7 nitrogen and oxygen atoms in total. The maximum Gasteiger partial charge on any atom is 0.307 e. The SMILES string of the molecule is COC(=O)CC1C(=O)NCCN1CCC(=O)Nc1ccccc1. The Hall–Kier alpha value is -2.41. The first kappa shape index (κ1) is 17.0. The van der Waals surface area contributed by atoms with Crippen LogP contribution in [-0.4, -0.2) is 55.5 Å². The summed E-state index contributed by atoms with van der Waals surface area (Å²) in [6.45, 7) is 1.52. The first-order valence-corrected chi connectivity index (χ1v) is 7.53. The topological polar surface area (TPSA) is 87.7 Å². The Morgan fingerprint density at radius 2 is 2.09 bits per heavy atom. The number of hydrogen-bond acceptors (Lipinski definition) is 5. The van der Waals surface area contributed by atoms with E-state index < -0.39 is 12.0 Å². The van der Waals surface area contributed by atoms with Gasteiger partial charge in [-0.1, -0.05) is 18.2 Å². The predicted octanol–water partition coefficient (Wildman–Crippen LogP) is 0.379. The first-order valence-electron chi connectivity index (χ1n) is 7.53. The lowest BCUT2D eigenvalue weighted by Gasteiger charge is -2.34. The van der Waals surface area contributed by atoms with Gasteiger partial charge in [0, 0.05) is 31.7 Å². The molecule has 2 rings (SSSR count). The molecule has 0 aromatic heterocycles. The Morgan fingerprint density at radius 1 is 1.35 bits per heavy atom. The minimum absolute atomic E-state index is 0.0113. The van der Waals surface area contributed by atoms with Crippen LogP contribution in [0.1, 0.15) is 12.8 Å². The van der Waals surface area contributed by atoms with E-state index in [1.54, 1.807) is 0 Å². The second kappa shape index (κ2) is 8.28. The number of amides is 2. The molecule has 0 bridgehead atoms. The van der Waals surface area contributed by atoms with E-state index in [-0.39, 0.29) is 24.7 Å². The summed E-state index contributed by atoms with van der Waals surface area (Å²) in [4.78, 5) is 37.2. The molecule has 2 N–H and O–H groups in total. The van der Waals surface area contributed by atoms with Gasteiger partial charge in [0.15, 0.2) is 0 Å². The van der Waals surface area contributed by atoms with E-state index in [1.807, 2.05) is 35.2 Å². The summed E-state index contributed by atoms with van der Waals surface area (Å²) in [6, 6.07) is 8.60. The van der Waals surface area contributed by atoms with Gasteiger partial charge in [-0.3, -0.25) is 19.3 Å². The van der Waals surface area contributed by atoms with Gasteiger partial charge in [-0.25, -0.2) is 0 Å². The molecule has 0 radical (unpaired) electrons. The van der Waals surface area contributed by atoms with Crippen molar-refractivity contribution in [2.75, 3.05) is 32.1 Å². The highest BCUT2D eigenvalue weighted by atomic mass is 16.5. The van der Waals surface area contributed by atoms with Crippen LogP contribution >= 0.6 is 0 Å². The van der Waals surface area contributed by atoms with Crippen molar-refractivity contribution in [2.24, 2.45) is 0 Å². The lowest BCUT2D eigenvalue weighted by molar-refractivity contribution is -0.146. The second-order valence-corrected chi connectivity index (χ2v) is 5.29. The highest BCUT2D eigenvalue weighted by molar-refractivity contribution is 5.91. The van der Waals surface area contributed by atoms with Crippen molar-refractivity contribution in [1.82, 2.24) is 10.2 Å². The smallest absolute Gasteiger partial charge is 0.307 e. The number of anilines is 1. The van der Waals surface area contributed by atoms with E-state index in [2.05, 4.69) is 15.4 Å². The molecular formula is C16H21N3O4. The number of para-hydroxylation sites is 1. The predicted molar refractivity (Wildman–Crippen MR) is 84.7 cm³/mol. The third kappa shape index (κ3) is 5.07. The number of ether oxygens (including phenoxy) is 1. The minimum atomic E-state index is -0.583. The van der Waals surface area contributed by atoms with Gasteiger partial charge >= 0.3 is 5.97 Å². The van der Waals surface area contributed by atoms with Crippen LogP contribution in [0.5, 0.6) is 0 Å². The van der Waals surface area contributed by atoms with Crippen molar-refractivity contribution in [3.8, 4) is 0 Å². The summed E-state index contributed by atoms with van der Waals surface area (Å²) >= 11 is 0. The number of carbonyl (C=O) groups is 3. The number of nitrogens with zero attached hydrogens (tertiary/aromatic N) is 1. The molecular weight excluding hydrogens is 298 g/mol. The van der Waals surface area contributed by atoms with Gasteiger partial charge in [-0.2, -0.15) is 0 Å². The molecule has 1 heterocycles. The largest absolute Gasteiger partial charge is 0.469 e. The summed E-state index contributed by atoms with van der Waals surface area (Å²) in [5.41, 5.74) is 0.736. The minimum Gasteiger partial charge on any atom is -0.469 e. The van der Waals surface area contributed by atoms with Crippen LogP contribution < -0.4 is 10.6 Å². The summed E-state index contributed by atoms with van der Waals surface area (Å²) in [7, 11) is 1.29. The molecule has 0 saturated carbocycles. The van der Waals surface area contributed by atoms with Crippen LogP contribution in [0.15, 0.2) is 30.3 Å². The highest BCUT2D eigenvalue weighted by Crippen LogP contribution is 2.11. The Balaban J connectivity index is 1.87. The Kier molecular flexibility index (Phi) is 6.10. The number of benzene rings is 1. The van der Waals surface area contributed by atoms with E-state index in [0.717, 1.165) is 5.69 Å². The van der Waals surface area contributed by atoms with E-state index >= 15 is 0 Å². The van der Waals surface area contributed by atoms with E-state index in [0.29, 0.717) is 19.6 Å². The number of esters is 1. The summed E-state index contributed by atoms with van der Waals surface area (Å²) in [6.07, 6.45) is 0.239. The molecule has 124 valence electrons. The lowest BCUT2D eigenvalue weighted by Crippen LogP contribution is -2.56. The maximum absolute atomic E-state index is 12.0. The summed E-state index contributed by atoms with van der Waals surface area (Å²) in [5.74, 6) is -0.769. The molecule has 1 unspecified atom stereocenters. The monoisotopic (exact) mass is 319 g/mol. The fourth-order valence-corrected chi connectivity index (χ4v) is 2.48.